The Hall–Kier alpha value is -5.01. The Bertz CT molecular complexity index is 1660. The third kappa shape index (κ3) is 9.25. The van der Waals surface area contributed by atoms with Crippen LogP contribution in [0.1, 0.15) is 52.7 Å². The molecule has 2 fully saturated rings. The van der Waals surface area contributed by atoms with Crippen LogP contribution in [-0.4, -0.2) is 119 Å². The fourth-order valence-corrected chi connectivity index (χ4v) is 6.61. The molecule has 2 atom stereocenters. The van der Waals surface area contributed by atoms with E-state index < -0.39 is 35.5 Å². The standard InChI is InChI=1S/C39H50N8O5/c1-38(2,3)51-36(49)44-21-19-42(23-29-7-11-31(12-8-29)46-17-15-40-27-46)33(25-44)35(48)34-26-45(37(50)52-39(4,5)6)22-20-43(34)24-30-9-13-32(14-10-30)47-18-16-41-28-47/h7-18,27-28,33-34H,19-26H2,1-6H3. The molecule has 52 heavy (non-hydrogen) atoms. The van der Waals surface area contributed by atoms with Gasteiger partial charge >= 0.3 is 12.2 Å². The van der Waals surface area contributed by atoms with Gasteiger partial charge in [0.1, 0.15) is 11.2 Å². The first-order valence-electron chi connectivity index (χ1n) is 17.8. The molecule has 4 heterocycles. The normalized spacial score (nSPS) is 19.0. The van der Waals surface area contributed by atoms with Gasteiger partial charge in [0.2, 0.25) is 0 Å². The van der Waals surface area contributed by atoms with Gasteiger partial charge in [-0.3, -0.25) is 14.6 Å². The number of nitrogens with zero attached hydrogens (tertiary/aromatic N) is 8. The average Bonchev–Trinajstić information content (AvgIpc) is 3.84. The predicted molar refractivity (Wildman–Crippen MR) is 196 cm³/mol. The number of hydrogen-bond donors (Lipinski definition) is 0. The highest BCUT2D eigenvalue weighted by Gasteiger charge is 2.43. The number of Topliss-reactive ketones (excluding diaryl/α,β-unsaturated/α-hetero) is 1. The largest absolute Gasteiger partial charge is 0.444 e. The summed E-state index contributed by atoms with van der Waals surface area (Å²) in [6.45, 7) is 14.2. The van der Waals surface area contributed by atoms with Gasteiger partial charge in [0, 0.05) is 88.5 Å². The van der Waals surface area contributed by atoms with Crippen molar-refractivity contribution in [3.63, 3.8) is 0 Å². The Morgan fingerprint density at radius 1 is 0.615 bits per heavy atom. The number of carbonyl (C=O) groups is 3. The van der Waals surface area contributed by atoms with Crippen molar-refractivity contribution in [2.45, 2.75) is 77.9 Å². The van der Waals surface area contributed by atoms with E-state index in [0.29, 0.717) is 39.3 Å². The molecule has 2 unspecified atom stereocenters. The van der Waals surface area contributed by atoms with Crippen LogP contribution in [-0.2, 0) is 27.4 Å². The average molecular weight is 711 g/mol. The summed E-state index contributed by atoms with van der Waals surface area (Å²) in [5.74, 6) is -0.0495. The molecule has 2 aliphatic heterocycles. The SMILES string of the molecule is CC(C)(C)OC(=O)N1CCN(Cc2ccc(-n3ccnc3)cc2)C(C(=O)C2CN(C(=O)OC(C)(C)C)CCN2Cc2ccc(-n3ccnc3)cc2)C1. The number of benzene rings is 2. The van der Waals surface area contributed by atoms with Gasteiger partial charge in [0.25, 0.3) is 0 Å². The number of carbonyl (C=O) groups excluding carboxylic acids is 3. The molecule has 0 bridgehead atoms. The van der Waals surface area contributed by atoms with Gasteiger partial charge in [-0.25, -0.2) is 19.6 Å². The molecular formula is C39H50N8O5. The topological polar surface area (TPSA) is 118 Å². The van der Waals surface area contributed by atoms with E-state index in [1.165, 1.54) is 0 Å². The van der Waals surface area contributed by atoms with Gasteiger partial charge in [-0.15, -0.1) is 0 Å². The lowest BCUT2D eigenvalue weighted by Gasteiger charge is -2.46. The highest BCUT2D eigenvalue weighted by atomic mass is 16.6. The van der Waals surface area contributed by atoms with E-state index in [-0.39, 0.29) is 18.9 Å². The minimum absolute atomic E-state index is 0.0495. The van der Waals surface area contributed by atoms with Crippen LogP contribution >= 0.6 is 0 Å². The lowest BCUT2D eigenvalue weighted by atomic mass is 9.96. The van der Waals surface area contributed by atoms with Crippen molar-refractivity contribution >= 4 is 18.0 Å². The minimum Gasteiger partial charge on any atom is -0.444 e. The molecule has 0 N–H and O–H groups in total. The molecule has 4 aromatic rings. The van der Waals surface area contributed by atoms with Crippen molar-refractivity contribution in [1.29, 1.82) is 0 Å². The van der Waals surface area contributed by atoms with Crippen molar-refractivity contribution in [2.75, 3.05) is 39.3 Å². The van der Waals surface area contributed by atoms with E-state index in [2.05, 4.69) is 44.0 Å². The number of ketones is 1. The first-order chi connectivity index (χ1) is 24.7. The maximum atomic E-state index is 15.0. The Kier molecular flexibility index (Phi) is 10.8. The van der Waals surface area contributed by atoms with Crippen LogP contribution < -0.4 is 0 Å². The first-order valence-corrected chi connectivity index (χ1v) is 17.8. The van der Waals surface area contributed by atoms with Gasteiger partial charge in [0.15, 0.2) is 5.78 Å². The Morgan fingerprint density at radius 2 is 1.00 bits per heavy atom. The van der Waals surface area contributed by atoms with Crippen molar-refractivity contribution in [3.05, 3.63) is 97.1 Å². The molecule has 2 saturated heterocycles. The molecular weight excluding hydrogens is 660 g/mol. The highest BCUT2D eigenvalue weighted by molar-refractivity contribution is 5.91. The number of aromatic nitrogens is 4. The highest BCUT2D eigenvalue weighted by Crippen LogP contribution is 2.25. The van der Waals surface area contributed by atoms with Crippen LogP contribution in [0.15, 0.2) is 86.0 Å². The maximum absolute atomic E-state index is 15.0. The lowest BCUT2D eigenvalue weighted by molar-refractivity contribution is -0.134. The van der Waals surface area contributed by atoms with Gasteiger partial charge in [-0.05, 0) is 76.9 Å². The fraction of sp³-hybridized carbons (Fsp3) is 0.462. The molecule has 6 rings (SSSR count). The van der Waals surface area contributed by atoms with Crippen LogP contribution in [0, 0.1) is 0 Å². The maximum Gasteiger partial charge on any atom is 0.410 e. The second kappa shape index (κ2) is 15.3. The lowest BCUT2D eigenvalue weighted by Crippen LogP contribution is -2.65. The number of imidazole rings is 2. The zero-order valence-corrected chi connectivity index (χ0v) is 31.0. The van der Waals surface area contributed by atoms with Crippen LogP contribution in [0.2, 0.25) is 0 Å². The molecule has 2 aromatic carbocycles. The zero-order valence-electron chi connectivity index (χ0n) is 31.0. The number of ether oxygens (including phenoxy) is 2. The number of piperazine rings is 2. The molecule has 2 aromatic heterocycles. The summed E-state index contributed by atoms with van der Waals surface area (Å²) in [5.41, 5.74) is 2.71. The van der Waals surface area contributed by atoms with E-state index in [4.69, 9.17) is 9.47 Å². The Balaban J connectivity index is 1.27. The van der Waals surface area contributed by atoms with Gasteiger partial charge in [-0.2, -0.15) is 0 Å². The molecule has 0 spiro atoms. The quantitative estimate of drug-likeness (QED) is 0.244. The van der Waals surface area contributed by atoms with E-state index in [1.807, 2.05) is 87.3 Å². The van der Waals surface area contributed by atoms with Crippen molar-refractivity contribution in [1.82, 2.24) is 38.7 Å². The molecule has 276 valence electrons. The molecule has 2 aliphatic rings. The molecule has 0 radical (unpaired) electrons. The monoisotopic (exact) mass is 710 g/mol. The fourth-order valence-electron chi connectivity index (χ4n) is 6.61. The summed E-state index contributed by atoms with van der Waals surface area (Å²) in [7, 11) is 0. The molecule has 13 nitrogen and oxygen atoms in total. The van der Waals surface area contributed by atoms with Crippen LogP contribution in [0.3, 0.4) is 0 Å². The second-order valence-corrected chi connectivity index (χ2v) is 15.5. The van der Waals surface area contributed by atoms with Crippen LogP contribution in [0.4, 0.5) is 9.59 Å². The van der Waals surface area contributed by atoms with Gasteiger partial charge in [0.05, 0.1) is 24.7 Å². The van der Waals surface area contributed by atoms with Gasteiger partial charge < -0.3 is 28.4 Å². The van der Waals surface area contributed by atoms with Crippen molar-refractivity contribution < 1.29 is 23.9 Å². The van der Waals surface area contributed by atoms with Crippen LogP contribution in [0.5, 0.6) is 0 Å². The summed E-state index contributed by atoms with van der Waals surface area (Å²) in [4.78, 5) is 57.6. The zero-order chi connectivity index (χ0) is 37.0. The smallest absolute Gasteiger partial charge is 0.410 e. The number of hydrogen-bond acceptors (Lipinski definition) is 9. The summed E-state index contributed by atoms with van der Waals surface area (Å²) in [6.07, 6.45) is 9.89. The van der Waals surface area contributed by atoms with Crippen molar-refractivity contribution in [3.8, 4) is 11.4 Å². The van der Waals surface area contributed by atoms with Gasteiger partial charge in [-0.1, -0.05) is 24.3 Å². The third-order valence-electron chi connectivity index (χ3n) is 9.19. The summed E-state index contributed by atoms with van der Waals surface area (Å²) in [6, 6.07) is 15.1. The summed E-state index contributed by atoms with van der Waals surface area (Å²) in [5, 5.41) is 0. The summed E-state index contributed by atoms with van der Waals surface area (Å²) < 4.78 is 15.4. The molecule has 0 saturated carbocycles. The minimum atomic E-state index is -0.674. The van der Waals surface area contributed by atoms with E-state index >= 15 is 4.79 Å². The third-order valence-corrected chi connectivity index (χ3v) is 9.19. The van der Waals surface area contributed by atoms with E-state index in [0.717, 1.165) is 22.5 Å². The van der Waals surface area contributed by atoms with E-state index in [9.17, 15) is 9.59 Å². The number of rotatable bonds is 8. The molecule has 0 aliphatic carbocycles. The Labute approximate surface area is 305 Å². The van der Waals surface area contributed by atoms with Crippen LogP contribution in [0.25, 0.3) is 11.4 Å². The second-order valence-electron chi connectivity index (χ2n) is 15.5. The predicted octanol–water partition coefficient (Wildman–Crippen LogP) is 5.17. The first kappa shape index (κ1) is 36.8. The number of amides is 2. The van der Waals surface area contributed by atoms with Crippen molar-refractivity contribution in [2.24, 2.45) is 0 Å². The molecule has 2 amide bonds. The molecule has 13 heteroatoms. The Morgan fingerprint density at radius 3 is 1.33 bits per heavy atom. The summed E-state index contributed by atoms with van der Waals surface area (Å²) >= 11 is 0. The van der Waals surface area contributed by atoms with E-state index in [1.54, 1.807) is 34.8 Å².